The minimum Gasteiger partial charge on any atom is -0.347 e. The van der Waals surface area contributed by atoms with Crippen LogP contribution < -0.4 is 15.5 Å². The highest BCUT2D eigenvalue weighted by atomic mass is 35.5. The van der Waals surface area contributed by atoms with Gasteiger partial charge in [-0.2, -0.15) is 5.10 Å². The predicted octanol–water partition coefficient (Wildman–Crippen LogP) is 2.29. The predicted molar refractivity (Wildman–Crippen MR) is 110 cm³/mol. The molecular formula is C20H26ClN5O2. The molecule has 2 amide bonds. The minimum atomic E-state index is -0.180. The van der Waals surface area contributed by atoms with Crippen molar-refractivity contribution in [1.82, 2.24) is 20.4 Å². The van der Waals surface area contributed by atoms with Gasteiger partial charge in [0.1, 0.15) is 5.69 Å². The van der Waals surface area contributed by atoms with Gasteiger partial charge in [0.2, 0.25) is 5.91 Å². The minimum absolute atomic E-state index is 0. The number of nitrogens with one attached hydrogen (secondary N) is 2. The van der Waals surface area contributed by atoms with Gasteiger partial charge >= 0.3 is 0 Å². The SMILES string of the molecule is Cl.O=C(NCc1cccc(N2CCCC2=O)c1)c1ccn(C2CCCNC2)n1. The summed E-state index contributed by atoms with van der Waals surface area (Å²) in [6, 6.07) is 9.87. The molecule has 2 N–H and O–H groups in total. The molecule has 28 heavy (non-hydrogen) atoms. The van der Waals surface area contributed by atoms with E-state index in [1.54, 1.807) is 6.07 Å². The molecule has 0 saturated carbocycles. The van der Waals surface area contributed by atoms with Crippen molar-refractivity contribution in [3.8, 4) is 0 Å². The van der Waals surface area contributed by atoms with Crippen LogP contribution in [-0.4, -0.2) is 41.2 Å². The first-order valence-corrected chi connectivity index (χ1v) is 9.64. The number of rotatable bonds is 5. The van der Waals surface area contributed by atoms with Gasteiger partial charge in [0.05, 0.1) is 6.04 Å². The lowest BCUT2D eigenvalue weighted by Gasteiger charge is -2.22. The summed E-state index contributed by atoms with van der Waals surface area (Å²) in [7, 11) is 0. The summed E-state index contributed by atoms with van der Waals surface area (Å²) in [5.74, 6) is -0.0147. The average Bonchev–Trinajstić information content (AvgIpc) is 3.36. The zero-order valence-electron chi connectivity index (χ0n) is 15.8. The number of nitrogens with zero attached hydrogens (tertiary/aromatic N) is 3. The number of hydrogen-bond donors (Lipinski definition) is 2. The van der Waals surface area contributed by atoms with Crippen LogP contribution in [0, 0.1) is 0 Å². The van der Waals surface area contributed by atoms with Gasteiger partial charge < -0.3 is 15.5 Å². The van der Waals surface area contributed by atoms with Crippen molar-refractivity contribution in [2.75, 3.05) is 24.5 Å². The molecule has 1 aromatic heterocycles. The third kappa shape index (κ3) is 4.54. The first-order chi connectivity index (χ1) is 13.2. The Morgan fingerprint density at radius 1 is 1.29 bits per heavy atom. The summed E-state index contributed by atoms with van der Waals surface area (Å²) < 4.78 is 1.89. The maximum absolute atomic E-state index is 12.4. The van der Waals surface area contributed by atoms with Gasteiger partial charge in [-0.25, -0.2) is 0 Å². The third-order valence-electron chi connectivity index (χ3n) is 5.23. The third-order valence-corrected chi connectivity index (χ3v) is 5.23. The van der Waals surface area contributed by atoms with Crippen LogP contribution in [0.15, 0.2) is 36.5 Å². The smallest absolute Gasteiger partial charge is 0.272 e. The maximum atomic E-state index is 12.4. The van der Waals surface area contributed by atoms with Crippen molar-refractivity contribution in [2.24, 2.45) is 0 Å². The van der Waals surface area contributed by atoms with Gasteiger partial charge in [0.15, 0.2) is 0 Å². The molecule has 1 unspecified atom stereocenters. The van der Waals surface area contributed by atoms with Gasteiger partial charge in [0.25, 0.3) is 5.91 Å². The lowest BCUT2D eigenvalue weighted by Crippen LogP contribution is -2.32. The van der Waals surface area contributed by atoms with E-state index >= 15 is 0 Å². The van der Waals surface area contributed by atoms with E-state index in [4.69, 9.17) is 0 Å². The summed E-state index contributed by atoms with van der Waals surface area (Å²) in [5.41, 5.74) is 2.31. The molecule has 0 spiro atoms. The zero-order valence-corrected chi connectivity index (χ0v) is 16.6. The van der Waals surface area contributed by atoms with Crippen molar-refractivity contribution in [1.29, 1.82) is 0 Å². The summed E-state index contributed by atoms with van der Waals surface area (Å²) in [6.45, 7) is 3.12. The molecule has 0 bridgehead atoms. The molecule has 0 aliphatic carbocycles. The number of amides is 2. The monoisotopic (exact) mass is 403 g/mol. The molecule has 4 rings (SSSR count). The fourth-order valence-electron chi connectivity index (χ4n) is 3.75. The fraction of sp³-hybridized carbons (Fsp3) is 0.450. The Kier molecular flexibility index (Phi) is 6.70. The number of hydrogen-bond acceptors (Lipinski definition) is 4. The standard InChI is InChI=1S/C20H25N5O2.ClH/c26-19-7-3-10-24(19)16-5-1-4-15(12-16)13-22-20(27)18-8-11-25(23-18)17-6-2-9-21-14-17;/h1,4-5,8,11-12,17,21H,2-3,6-7,9-10,13-14H2,(H,22,27);1H. The Morgan fingerprint density at radius 3 is 2.93 bits per heavy atom. The van der Waals surface area contributed by atoms with E-state index in [1.807, 2.05) is 40.0 Å². The van der Waals surface area contributed by atoms with Crippen molar-refractivity contribution < 1.29 is 9.59 Å². The Morgan fingerprint density at radius 2 is 2.18 bits per heavy atom. The molecule has 3 heterocycles. The summed E-state index contributed by atoms with van der Waals surface area (Å²) in [5, 5.41) is 10.7. The molecule has 2 aliphatic heterocycles. The Hall–Kier alpha value is -2.38. The van der Waals surface area contributed by atoms with E-state index < -0.39 is 0 Å². The van der Waals surface area contributed by atoms with Gasteiger partial charge in [0, 0.05) is 37.9 Å². The molecule has 150 valence electrons. The van der Waals surface area contributed by atoms with Crippen LogP contribution in [0.4, 0.5) is 5.69 Å². The molecule has 1 aromatic carbocycles. The van der Waals surface area contributed by atoms with Crippen LogP contribution in [0.1, 0.15) is 47.8 Å². The van der Waals surface area contributed by atoms with E-state index in [-0.39, 0.29) is 24.2 Å². The molecule has 7 nitrogen and oxygen atoms in total. The second kappa shape index (κ2) is 9.21. The van der Waals surface area contributed by atoms with Crippen molar-refractivity contribution >= 4 is 29.9 Å². The van der Waals surface area contributed by atoms with Crippen molar-refractivity contribution in [3.63, 3.8) is 0 Å². The summed E-state index contributed by atoms with van der Waals surface area (Å²) in [6.07, 6.45) is 5.60. The van der Waals surface area contributed by atoms with E-state index in [0.29, 0.717) is 24.7 Å². The molecule has 2 fully saturated rings. The molecule has 2 saturated heterocycles. The summed E-state index contributed by atoms with van der Waals surface area (Å²) in [4.78, 5) is 26.2. The van der Waals surface area contributed by atoms with Crippen LogP contribution in [0.25, 0.3) is 0 Å². The van der Waals surface area contributed by atoms with Crippen molar-refractivity contribution in [3.05, 3.63) is 47.8 Å². The zero-order chi connectivity index (χ0) is 18.6. The highest BCUT2D eigenvalue weighted by Crippen LogP contribution is 2.22. The first kappa shape index (κ1) is 20.4. The number of carbonyl (C=O) groups is 2. The molecular weight excluding hydrogens is 378 g/mol. The number of benzene rings is 1. The van der Waals surface area contributed by atoms with Crippen LogP contribution in [0.5, 0.6) is 0 Å². The van der Waals surface area contributed by atoms with E-state index in [2.05, 4.69) is 15.7 Å². The lowest BCUT2D eigenvalue weighted by molar-refractivity contribution is -0.117. The van der Waals surface area contributed by atoms with E-state index in [0.717, 1.165) is 50.1 Å². The molecule has 8 heteroatoms. The number of halogens is 1. The second-order valence-corrected chi connectivity index (χ2v) is 7.18. The number of piperidine rings is 1. The van der Waals surface area contributed by atoms with Gasteiger partial charge in [-0.15, -0.1) is 12.4 Å². The van der Waals surface area contributed by atoms with Gasteiger partial charge in [-0.1, -0.05) is 12.1 Å². The highest BCUT2D eigenvalue weighted by molar-refractivity contribution is 5.95. The Labute approximate surface area is 170 Å². The summed E-state index contributed by atoms with van der Waals surface area (Å²) >= 11 is 0. The number of anilines is 1. The van der Waals surface area contributed by atoms with Gasteiger partial charge in [-0.3, -0.25) is 14.3 Å². The van der Waals surface area contributed by atoms with Gasteiger partial charge in [-0.05, 0) is 49.6 Å². The van der Waals surface area contributed by atoms with E-state index in [9.17, 15) is 9.59 Å². The number of carbonyl (C=O) groups excluding carboxylic acids is 2. The molecule has 1 atom stereocenters. The topological polar surface area (TPSA) is 79.3 Å². The van der Waals surface area contributed by atoms with Crippen LogP contribution in [0.2, 0.25) is 0 Å². The Bertz CT molecular complexity index is 832. The van der Waals surface area contributed by atoms with Crippen LogP contribution >= 0.6 is 12.4 Å². The molecule has 2 aromatic rings. The normalized spacial score (nSPS) is 19.4. The number of aromatic nitrogens is 2. The largest absolute Gasteiger partial charge is 0.347 e. The van der Waals surface area contributed by atoms with Crippen LogP contribution in [0.3, 0.4) is 0 Å². The molecule has 2 aliphatic rings. The quantitative estimate of drug-likeness (QED) is 0.802. The average molecular weight is 404 g/mol. The Balaban J connectivity index is 0.00000225. The highest BCUT2D eigenvalue weighted by Gasteiger charge is 2.22. The maximum Gasteiger partial charge on any atom is 0.272 e. The van der Waals surface area contributed by atoms with Crippen LogP contribution in [-0.2, 0) is 11.3 Å². The second-order valence-electron chi connectivity index (χ2n) is 7.18. The lowest BCUT2D eigenvalue weighted by atomic mass is 10.1. The van der Waals surface area contributed by atoms with E-state index in [1.165, 1.54) is 0 Å². The first-order valence-electron chi connectivity index (χ1n) is 9.64. The van der Waals surface area contributed by atoms with Crippen molar-refractivity contribution in [2.45, 2.75) is 38.3 Å². The molecule has 0 radical (unpaired) electrons. The fourth-order valence-corrected chi connectivity index (χ4v) is 3.75.